The number of carbonyl (C=O) groups excluding carboxylic acids is 2. The lowest BCUT2D eigenvalue weighted by Gasteiger charge is -2.12. The molecule has 1 amide bonds. The zero-order valence-corrected chi connectivity index (χ0v) is 13.8. The fraction of sp³-hybridized carbons (Fsp3) is 0.333. The number of hydrogen-bond acceptors (Lipinski definition) is 5. The zero-order chi connectivity index (χ0) is 16.0. The van der Waals surface area contributed by atoms with Gasteiger partial charge in [-0.2, -0.15) is 0 Å². The number of rotatable bonds is 6. The molecular weight excluding hydrogens is 364 g/mol. The maximum atomic E-state index is 11.9. The molecule has 0 unspecified atom stereocenters. The summed E-state index contributed by atoms with van der Waals surface area (Å²) in [7, 11) is -2.59. The van der Waals surface area contributed by atoms with Crippen LogP contribution < -0.4 is 10.0 Å². The van der Waals surface area contributed by atoms with Crippen LogP contribution in [-0.2, 0) is 24.3 Å². The second-order valence-corrected chi connectivity index (χ2v) is 6.77. The Balaban J connectivity index is 2.59. The van der Waals surface area contributed by atoms with E-state index < -0.39 is 34.5 Å². The van der Waals surface area contributed by atoms with Crippen molar-refractivity contribution in [2.45, 2.75) is 17.9 Å². The quantitative estimate of drug-likeness (QED) is 0.697. The second-order valence-electron chi connectivity index (χ2n) is 4.09. The van der Waals surface area contributed by atoms with Crippen LogP contribution in [0.1, 0.15) is 6.92 Å². The Bertz CT molecular complexity index is 615. The number of amides is 1. The van der Waals surface area contributed by atoms with Crippen LogP contribution in [0.2, 0.25) is 0 Å². The van der Waals surface area contributed by atoms with Crippen molar-refractivity contribution in [2.24, 2.45) is 0 Å². The van der Waals surface area contributed by atoms with Crippen LogP contribution >= 0.6 is 15.9 Å². The highest BCUT2D eigenvalue weighted by Crippen LogP contribution is 2.14. The van der Waals surface area contributed by atoms with Gasteiger partial charge in [0.1, 0.15) is 6.04 Å². The van der Waals surface area contributed by atoms with E-state index in [0.29, 0.717) is 0 Å². The summed E-state index contributed by atoms with van der Waals surface area (Å²) in [6.07, 6.45) is 0. The molecule has 7 nitrogen and oxygen atoms in total. The molecular formula is C12H15BrN2O5S. The van der Waals surface area contributed by atoms with E-state index in [9.17, 15) is 18.0 Å². The van der Waals surface area contributed by atoms with Gasteiger partial charge in [0, 0.05) is 4.47 Å². The van der Waals surface area contributed by atoms with Crippen LogP contribution in [0.5, 0.6) is 0 Å². The molecule has 0 aromatic heterocycles. The monoisotopic (exact) mass is 378 g/mol. The molecule has 0 saturated heterocycles. The lowest BCUT2D eigenvalue weighted by Crippen LogP contribution is -2.44. The van der Waals surface area contributed by atoms with E-state index in [1.807, 2.05) is 0 Å². The van der Waals surface area contributed by atoms with Crippen LogP contribution in [-0.4, -0.2) is 40.0 Å². The van der Waals surface area contributed by atoms with Crippen molar-refractivity contribution in [1.82, 2.24) is 10.0 Å². The van der Waals surface area contributed by atoms with Crippen LogP contribution in [0.25, 0.3) is 0 Å². The van der Waals surface area contributed by atoms with E-state index in [1.165, 1.54) is 26.2 Å². The summed E-state index contributed by atoms with van der Waals surface area (Å²) < 4.78 is 31.2. The predicted octanol–water partition coefficient (Wildman–Crippen LogP) is 0.405. The highest BCUT2D eigenvalue weighted by atomic mass is 79.9. The molecule has 0 radical (unpaired) electrons. The van der Waals surface area contributed by atoms with Crippen molar-refractivity contribution in [1.29, 1.82) is 0 Å². The molecule has 0 aliphatic heterocycles. The van der Waals surface area contributed by atoms with E-state index in [-0.39, 0.29) is 4.90 Å². The summed E-state index contributed by atoms with van der Waals surface area (Å²) >= 11 is 3.20. The number of halogens is 1. The molecule has 0 heterocycles. The fourth-order valence-electron chi connectivity index (χ4n) is 1.39. The van der Waals surface area contributed by atoms with Gasteiger partial charge in [-0.05, 0) is 31.2 Å². The average Bonchev–Trinajstić information content (AvgIpc) is 2.44. The minimum atomic E-state index is -3.78. The number of hydrogen-bond donors (Lipinski definition) is 2. The van der Waals surface area contributed by atoms with Crippen LogP contribution in [0.15, 0.2) is 33.6 Å². The number of esters is 1. The molecule has 0 spiro atoms. The SMILES string of the molecule is COC(=O)[C@@H](C)NC(=O)CNS(=O)(=O)c1ccc(Br)cc1. The Hall–Kier alpha value is -1.45. The van der Waals surface area contributed by atoms with Crippen molar-refractivity contribution in [3.05, 3.63) is 28.7 Å². The lowest BCUT2D eigenvalue weighted by atomic mass is 10.3. The first-order valence-corrected chi connectivity index (χ1v) is 8.16. The predicted molar refractivity (Wildman–Crippen MR) is 79.0 cm³/mol. The third-order valence-electron chi connectivity index (χ3n) is 2.48. The molecule has 1 rings (SSSR count). The van der Waals surface area contributed by atoms with Crippen molar-refractivity contribution in [3.8, 4) is 0 Å². The maximum Gasteiger partial charge on any atom is 0.328 e. The molecule has 2 N–H and O–H groups in total. The smallest absolute Gasteiger partial charge is 0.328 e. The van der Waals surface area contributed by atoms with Crippen molar-refractivity contribution in [2.75, 3.05) is 13.7 Å². The molecule has 116 valence electrons. The third kappa shape index (κ3) is 5.44. The first-order chi connectivity index (χ1) is 9.76. The van der Waals surface area contributed by atoms with Crippen molar-refractivity contribution < 1.29 is 22.7 Å². The summed E-state index contributed by atoms with van der Waals surface area (Å²) in [5.74, 6) is -1.24. The summed E-state index contributed by atoms with van der Waals surface area (Å²) in [5.41, 5.74) is 0. The van der Waals surface area contributed by atoms with Gasteiger partial charge in [0.05, 0.1) is 18.6 Å². The van der Waals surface area contributed by atoms with Gasteiger partial charge < -0.3 is 10.1 Å². The van der Waals surface area contributed by atoms with E-state index >= 15 is 0 Å². The van der Waals surface area contributed by atoms with E-state index in [1.54, 1.807) is 12.1 Å². The summed E-state index contributed by atoms with van der Waals surface area (Å²) in [6, 6.07) is 5.12. The number of nitrogens with one attached hydrogen (secondary N) is 2. The summed E-state index contributed by atoms with van der Waals surface area (Å²) in [6.45, 7) is 0.965. The zero-order valence-electron chi connectivity index (χ0n) is 11.4. The van der Waals surface area contributed by atoms with Crippen molar-refractivity contribution >= 4 is 37.8 Å². The minimum absolute atomic E-state index is 0.0412. The van der Waals surface area contributed by atoms with Crippen LogP contribution in [0.3, 0.4) is 0 Å². The first-order valence-electron chi connectivity index (χ1n) is 5.88. The largest absolute Gasteiger partial charge is 0.467 e. The minimum Gasteiger partial charge on any atom is -0.467 e. The van der Waals surface area contributed by atoms with Gasteiger partial charge in [0.25, 0.3) is 0 Å². The first kappa shape index (κ1) is 17.6. The molecule has 1 aromatic rings. The molecule has 0 aliphatic rings. The van der Waals surface area contributed by atoms with Gasteiger partial charge >= 0.3 is 5.97 Å². The van der Waals surface area contributed by atoms with Gasteiger partial charge in [-0.25, -0.2) is 17.9 Å². The molecule has 1 atom stereocenters. The fourth-order valence-corrected chi connectivity index (χ4v) is 2.63. The number of benzene rings is 1. The van der Waals surface area contributed by atoms with E-state index in [4.69, 9.17) is 0 Å². The van der Waals surface area contributed by atoms with Crippen molar-refractivity contribution in [3.63, 3.8) is 0 Å². The Morgan fingerprint density at radius 3 is 2.38 bits per heavy atom. The van der Waals surface area contributed by atoms with Gasteiger partial charge in [-0.3, -0.25) is 4.79 Å². The molecule has 9 heteroatoms. The molecule has 0 aliphatic carbocycles. The Labute approximate surface area is 131 Å². The Kier molecular flexibility index (Phi) is 6.31. The van der Waals surface area contributed by atoms with E-state index in [2.05, 4.69) is 30.7 Å². The topological polar surface area (TPSA) is 102 Å². The van der Waals surface area contributed by atoms with Crippen LogP contribution in [0, 0.1) is 0 Å². The highest BCUT2D eigenvalue weighted by Gasteiger charge is 2.18. The molecule has 0 bridgehead atoms. The maximum absolute atomic E-state index is 11.9. The normalized spacial score (nSPS) is 12.5. The summed E-state index contributed by atoms with van der Waals surface area (Å²) in [4.78, 5) is 22.7. The summed E-state index contributed by atoms with van der Waals surface area (Å²) in [5, 5.41) is 2.32. The van der Waals surface area contributed by atoms with Gasteiger partial charge in [0.15, 0.2) is 0 Å². The molecule has 1 aromatic carbocycles. The van der Waals surface area contributed by atoms with Crippen LogP contribution in [0.4, 0.5) is 0 Å². The van der Waals surface area contributed by atoms with Gasteiger partial charge in [-0.1, -0.05) is 15.9 Å². The Morgan fingerprint density at radius 1 is 1.29 bits per heavy atom. The standard InChI is InChI=1S/C12H15BrN2O5S/c1-8(12(17)20-2)15-11(16)7-14-21(18,19)10-5-3-9(13)4-6-10/h3-6,8,14H,7H2,1-2H3,(H,15,16)/t8-/m1/s1. The second kappa shape index (κ2) is 7.53. The lowest BCUT2D eigenvalue weighted by molar-refractivity contribution is -0.144. The highest BCUT2D eigenvalue weighted by molar-refractivity contribution is 9.10. The Morgan fingerprint density at radius 2 is 1.86 bits per heavy atom. The number of ether oxygens (including phenoxy) is 1. The van der Waals surface area contributed by atoms with Gasteiger partial charge in [-0.15, -0.1) is 0 Å². The van der Waals surface area contributed by atoms with Gasteiger partial charge in [0.2, 0.25) is 15.9 Å². The third-order valence-corrected chi connectivity index (χ3v) is 4.42. The average molecular weight is 379 g/mol. The molecule has 0 saturated carbocycles. The number of carbonyl (C=O) groups is 2. The number of methoxy groups -OCH3 is 1. The number of sulfonamides is 1. The van der Waals surface area contributed by atoms with E-state index in [0.717, 1.165) is 4.47 Å². The molecule has 0 fully saturated rings. The molecule has 21 heavy (non-hydrogen) atoms.